The Morgan fingerprint density at radius 3 is 2.41 bits per heavy atom. The van der Waals surface area contributed by atoms with Crippen LogP contribution in [0.15, 0.2) is 35.7 Å². The minimum Gasteiger partial charge on any atom is -0.300 e. The van der Waals surface area contributed by atoms with E-state index >= 15 is 0 Å². The van der Waals surface area contributed by atoms with Gasteiger partial charge in [-0.05, 0) is 50.8 Å². The molecule has 3 atom stereocenters. The lowest BCUT2D eigenvalue weighted by Crippen LogP contribution is -2.46. The molecule has 1 aliphatic carbocycles. The highest BCUT2D eigenvalue weighted by Gasteiger charge is 2.50. The zero-order chi connectivity index (χ0) is 20.7. The molecule has 7 heteroatoms. The van der Waals surface area contributed by atoms with Gasteiger partial charge in [-0.3, -0.25) is 19.3 Å². The first kappa shape index (κ1) is 19.5. The average Bonchev–Trinajstić information content (AvgIpc) is 3.27. The molecule has 0 spiro atoms. The quantitative estimate of drug-likeness (QED) is 0.617. The van der Waals surface area contributed by atoms with E-state index in [2.05, 4.69) is 23.3 Å². The molecule has 3 unspecified atom stereocenters. The van der Waals surface area contributed by atoms with E-state index < -0.39 is 11.9 Å². The van der Waals surface area contributed by atoms with E-state index in [0.717, 1.165) is 16.2 Å². The second-order valence-corrected chi connectivity index (χ2v) is 8.56. The van der Waals surface area contributed by atoms with E-state index in [1.807, 2.05) is 36.6 Å². The number of rotatable bonds is 4. The smallest absolute Gasteiger partial charge is 0.249 e. The largest absolute Gasteiger partial charge is 0.300 e. The Hall–Kier alpha value is -2.80. The Bertz CT molecular complexity index is 1000. The number of likely N-dealkylation sites (tertiary alicyclic amines) is 1. The summed E-state index contributed by atoms with van der Waals surface area (Å²) in [6, 6.07) is 5.25. The minimum absolute atomic E-state index is 0.248. The van der Waals surface area contributed by atoms with E-state index in [0.29, 0.717) is 18.0 Å². The van der Waals surface area contributed by atoms with Gasteiger partial charge in [-0.25, -0.2) is 4.98 Å². The van der Waals surface area contributed by atoms with Crippen molar-refractivity contribution in [3.8, 4) is 11.3 Å². The summed E-state index contributed by atoms with van der Waals surface area (Å²) in [4.78, 5) is 43.7. The number of nitrogens with zero attached hydrogens (tertiary/aromatic N) is 2. The van der Waals surface area contributed by atoms with E-state index in [4.69, 9.17) is 0 Å². The number of amides is 3. The van der Waals surface area contributed by atoms with Gasteiger partial charge in [-0.15, -0.1) is 11.3 Å². The summed E-state index contributed by atoms with van der Waals surface area (Å²) in [5, 5.41) is 5.10. The van der Waals surface area contributed by atoms with Crippen molar-refractivity contribution in [2.45, 2.75) is 39.7 Å². The highest BCUT2D eigenvalue weighted by atomic mass is 32.1. The molecule has 0 bridgehead atoms. The van der Waals surface area contributed by atoms with E-state index in [9.17, 15) is 14.4 Å². The van der Waals surface area contributed by atoms with Gasteiger partial charge in [0, 0.05) is 10.9 Å². The molecule has 1 N–H and O–H groups in total. The first-order chi connectivity index (χ1) is 13.9. The predicted octanol–water partition coefficient (Wildman–Crippen LogP) is 3.71. The number of hydrogen-bond donors (Lipinski definition) is 1. The molecule has 2 heterocycles. The normalized spacial score (nSPS) is 22.0. The van der Waals surface area contributed by atoms with Crippen molar-refractivity contribution >= 4 is 34.2 Å². The third-order valence-electron chi connectivity index (χ3n) is 5.85. The number of hydrogen-bond acceptors (Lipinski definition) is 5. The van der Waals surface area contributed by atoms with Gasteiger partial charge < -0.3 is 5.32 Å². The molecule has 1 fully saturated rings. The summed E-state index contributed by atoms with van der Waals surface area (Å²) in [6.07, 6.45) is 4.99. The number of nitrogens with one attached hydrogen (secondary N) is 1. The lowest BCUT2D eigenvalue weighted by molar-refractivity contribution is -0.146. The van der Waals surface area contributed by atoms with Gasteiger partial charge >= 0.3 is 0 Å². The zero-order valence-electron chi connectivity index (χ0n) is 16.6. The third kappa shape index (κ3) is 3.51. The lowest BCUT2D eigenvalue weighted by Gasteiger charge is -2.21. The second kappa shape index (κ2) is 7.55. The van der Waals surface area contributed by atoms with Gasteiger partial charge in [-0.2, -0.15) is 0 Å². The molecule has 2 aliphatic rings. The number of carbonyl (C=O) groups is 3. The van der Waals surface area contributed by atoms with Crippen LogP contribution in [0.3, 0.4) is 0 Å². The molecule has 150 valence electrons. The summed E-state index contributed by atoms with van der Waals surface area (Å²) >= 11 is 1.32. The molecule has 4 rings (SSSR count). The van der Waals surface area contributed by atoms with Crippen LogP contribution in [-0.2, 0) is 14.4 Å². The number of benzene rings is 1. The monoisotopic (exact) mass is 409 g/mol. The molecule has 1 aromatic carbocycles. The molecular weight excluding hydrogens is 386 g/mol. The van der Waals surface area contributed by atoms with Gasteiger partial charge in [0.15, 0.2) is 5.13 Å². The molecule has 0 radical (unpaired) electrons. The minimum atomic E-state index is -0.866. The SMILES string of the molecule is Cc1ccc(-c2csc(NC(=O)C(C)N3C(=O)C4CC=CCC4C3=O)n2)cc1C. The fraction of sp³-hybridized carbons (Fsp3) is 0.364. The molecule has 0 saturated carbocycles. The predicted molar refractivity (Wildman–Crippen MR) is 112 cm³/mol. The summed E-state index contributed by atoms with van der Waals surface area (Å²) < 4.78 is 0. The fourth-order valence-electron chi connectivity index (χ4n) is 3.90. The van der Waals surface area contributed by atoms with Crippen molar-refractivity contribution in [3.63, 3.8) is 0 Å². The maximum Gasteiger partial charge on any atom is 0.249 e. The number of aryl methyl sites for hydroxylation is 2. The van der Waals surface area contributed by atoms with Crippen LogP contribution in [-0.4, -0.2) is 33.6 Å². The highest BCUT2D eigenvalue weighted by molar-refractivity contribution is 7.14. The number of carbonyl (C=O) groups excluding carboxylic acids is 3. The maximum absolute atomic E-state index is 12.7. The molecule has 2 aromatic rings. The van der Waals surface area contributed by atoms with Gasteiger partial charge in [0.05, 0.1) is 17.5 Å². The number of thiazole rings is 1. The molecule has 1 aromatic heterocycles. The van der Waals surface area contributed by atoms with Gasteiger partial charge in [-0.1, -0.05) is 24.3 Å². The molecule has 29 heavy (non-hydrogen) atoms. The number of fused-ring (bicyclic) bond motifs is 1. The van der Waals surface area contributed by atoms with Gasteiger partial charge in [0.2, 0.25) is 17.7 Å². The highest BCUT2D eigenvalue weighted by Crippen LogP contribution is 2.36. The Morgan fingerprint density at radius 1 is 1.14 bits per heavy atom. The second-order valence-electron chi connectivity index (χ2n) is 7.70. The number of allylic oxidation sites excluding steroid dienone is 2. The Morgan fingerprint density at radius 2 is 1.79 bits per heavy atom. The van der Waals surface area contributed by atoms with Crippen LogP contribution in [0.5, 0.6) is 0 Å². The lowest BCUT2D eigenvalue weighted by atomic mass is 9.85. The summed E-state index contributed by atoms with van der Waals surface area (Å²) in [7, 11) is 0. The Kier molecular flexibility index (Phi) is 5.08. The van der Waals surface area contributed by atoms with Crippen LogP contribution in [0.2, 0.25) is 0 Å². The van der Waals surface area contributed by atoms with Crippen LogP contribution in [0.25, 0.3) is 11.3 Å². The summed E-state index contributed by atoms with van der Waals surface area (Å²) in [5.74, 6) is -1.57. The number of imide groups is 1. The molecule has 1 saturated heterocycles. The van der Waals surface area contributed by atoms with E-state index in [1.165, 1.54) is 22.5 Å². The van der Waals surface area contributed by atoms with E-state index in [1.54, 1.807) is 6.92 Å². The topological polar surface area (TPSA) is 79.4 Å². The van der Waals surface area contributed by atoms with Crippen molar-refractivity contribution < 1.29 is 14.4 Å². The van der Waals surface area contributed by atoms with Crippen molar-refractivity contribution in [3.05, 3.63) is 46.9 Å². The van der Waals surface area contributed by atoms with Crippen LogP contribution in [0, 0.1) is 25.7 Å². The van der Waals surface area contributed by atoms with Crippen molar-refractivity contribution in [2.24, 2.45) is 11.8 Å². The van der Waals surface area contributed by atoms with Crippen LogP contribution >= 0.6 is 11.3 Å². The zero-order valence-corrected chi connectivity index (χ0v) is 17.5. The molecule has 1 aliphatic heterocycles. The molecular formula is C22H23N3O3S. The van der Waals surface area contributed by atoms with Crippen molar-refractivity contribution in [1.29, 1.82) is 0 Å². The van der Waals surface area contributed by atoms with Crippen LogP contribution in [0.4, 0.5) is 5.13 Å². The first-order valence-electron chi connectivity index (χ1n) is 9.72. The number of anilines is 1. The number of aromatic nitrogens is 1. The maximum atomic E-state index is 12.7. The fourth-order valence-corrected chi connectivity index (χ4v) is 4.62. The standard InChI is InChI=1S/C22H23N3O3S/c1-12-8-9-15(10-13(12)2)18-11-29-22(23-18)24-19(26)14(3)25-20(27)16-6-4-5-7-17(16)21(25)28/h4-5,8-11,14,16-17H,6-7H2,1-3H3,(H,23,24,26). The van der Waals surface area contributed by atoms with Crippen molar-refractivity contribution in [2.75, 3.05) is 5.32 Å². The molecule has 6 nitrogen and oxygen atoms in total. The third-order valence-corrected chi connectivity index (χ3v) is 6.60. The van der Waals surface area contributed by atoms with E-state index in [-0.39, 0.29) is 23.7 Å². The Labute approximate surface area is 173 Å². The summed E-state index contributed by atoms with van der Waals surface area (Å²) in [5.41, 5.74) is 4.16. The van der Waals surface area contributed by atoms with Crippen molar-refractivity contribution in [1.82, 2.24) is 9.88 Å². The van der Waals surface area contributed by atoms with Crippen LogP contribution < -0.4 is 5.32 Å². The molecule has 3 amide bonds. The summed E-state index contributed by atoms with van der Waals surface area (Å²) in [6.45, 7) is 5.70. The first-order valence-corrected chi connectivity index (χ1v) is 10.6. The van der Waals surface area contributed by atoms with Crippen LogP contribution in [0.1, 0.15) is 30.9 Å². The average molecular weight is 410 g/mol. The van der Waals surface area contributed by atoms with Gasteiger partial charge in [0.25, 0.3) is 0 Å². The van der Waals surface area contributed by atoms with Gasteiger partial charge in [0.1, 0.15) is 6.04 Å². The Balaban J connectivity index is 1.47.